The smallest absolute Gasteiger partial charge is 0.319 e. The van der Waals surface area contributed by atoms with Crippen molar-refractivity contribution >= 4 is 23.6 Å². The third-order valence-corrected chi connectivity index (χ3v) is 3.71. The van der Waals surface area contributed by atoms with E-state index < -0.39 is 11.5 Å². The van der Waals surface area contributed by atoms with Crippen LogP contribution >= 0.6 is 0 Å². The maximum absolute atomic E-state index is 12.3. The van der Waals surface area contributed by atoms with Crippen LogP contribution in [0.15, 0.2) is 24.3 Å². The Bertz CT molecular complexity index is 638. The summed E-state index contributed by atoms with van der Waals surface area (Å²) >= 11 is 0. The summed E-state index contributed by atoms with van der Waals surface area (Å²) in [4.78, 5) is 34.8. The largest absolute Gasteiger partial charge is 0.481 e. The van der Waals surface area contributed by atoms with E-state index in [4.69, 9.17) is 5.11 Å². The predicted octanol–water partition coefficient (Wildman–Crippen LogP) is 2.34. The summed E-state index contributed by atoms with van der Waals surface area (Å²) in [6.07, 6.45) is 2.31. The number of amides is 3. The number of urea groups is 1. The summed E-state index contributed by atoms with van der Waals surface area (Å²) in [6, 6.07) is 6.61. The molecule has 1 saturated carbocycles. The Hall–Kier alpha value is -2.57. The molecule has 130 valence electrons. The zero-order valence-electron chi connectivity index (χ0n) is 13.9. The lowest BCUT2D eigenvalue weighted by molar-refractivity contribution is -0.137. The van der Waals surface area contributed by atoms with Crippen LogP contribution < -0.4 is 16.0 Å². The van der Waals surface area contributed by atoms with Crippen molar-refractivity contribution in [3.8, 4) is 0 Å². The van der Waals surface area contributed by atoms with Crippen molar-refractivity contribution in [3.63, 3.8) is 0 Å². The van der Waals surface area contributed by atoms with Crippen molar-refractivity contribution in [2.75, 3.05) is 5.32 Å². The van der Waals surface area contributed by atoms with Gasteiger partial charge in [-0.1, -0.05) is 6.07 Å². The van der Waals surface area contributed by atoms with Gasteiger partial charge in [-0.3, -0.25) is 9.59 Å². The van der Waals surface area contributed by atoms with Gasteiger partial charge in [-0.2, -0.15) is 0 Å². The van der Waals surface area contributed by atoms with E-state index in [-0.39, 0.29) is 24.4 Å². The monoisotopic (exact) mass is 333 g/mol. The molecule has 0 aromatic heterocycles. The molecule has 1 fully saturated rings. The van der Waals surface area contributed by atoms with Gasteiger partial charge in [-0.15, -0.1) is 0 Å². The molecule has 7 heteroatoms. The topological polar surface area (TPSA) is 108 Å². The number of benzene rings is 1. The lowest BCUT2D eigenvalue weighted by Gasteiger charge is -2.25. The van der Waals surface area contributed by atoms with E-state index in [0.717, 1.165) is 12.8 Å². The number of carbonyl (C=O) groups is 3. The van der Waals surface area contributed by atoms with Crippen molar-refractivity contribution < 1.29 is 19.5 Å². The van der Waals surface area contributed by atoms with Crippen molar-refractivity contribution in [2.24, 2.45) is 0 Å². The van der Waals surface area contributed by atoms with Crippen LogP contribution in [0.2, 0.25) is 0 Å². The third kappa shape index (κ3) is 5.91. The van der Waals surface area contributed by atoms with E-state index in [1.54, 1.807) is 38.1 Å². The highest BCUT2D eigenvalue weighted by Gasteiger charge is 2.24. The summed E-state index contributed by atoms with van der Waals surface area (Å²) in [7, 11) is 0. The predicted molar refractivity (Wildman–Crippen MR) is 90.0 cm³/mol. The second-order valence-corrected chi connectivity index (χ2v) is 6.69. The van der Waals surface area contributed by atoms with E-state index in [0.29, 0.717) is 17.7 Å². The highest BCUT2D eigenvalue weighted by atomic mass is 16.4. The Morgan fingerprint density at radius 2 is 1.96 bits per heavy atom. The first-order chi connectivity index (χ1) is 11.2. The van der Waals surface area contributed by atoms with Crippen molar-refractivity contribution in [1.29, 1.82) is 0 Å². The highest BCUT2D eigenvalue weighted by Crippen LogP contribution is 2.19. The van der Waals surface area contributed by atoms with Gasteiger partial charge in [-0.25, -0.2) is 4.79 Å². The van der Waals surface area contributed by atoms with Crippen LogP contribution in [0, 0.1) is 0 Å². The van der Waals surface area contributed by atoms with Crippen molar-refractivity contribution in [3.05, 3.63) is 29.8 Å². The quantitative estimate of drug-likeness (QED) is 0.614. The minimum atomic E-state index is -0.898. The number of carboxylic acids is 1. The lowest BCUT2D eigenvalue weighted by Crippen LogP contribution is -2.43. The van der Waals surface area contributed by atoms with Crippen LogP contribution in [0.5, 0.6) is 0 Å². The third-order valence-electron chi connectivity index (χ3n) is 3.71. The molecule has 24 heavy (non-hydrogen) atoms. The summed E-state index contributed by atoms with van der Waals surface area (Å²) < 4.78 is 0. The molecule has 1 aliphatic rings. The van der Waals surface area contributed by atoms with Gasteiger partial charge in [0.15, 0.2) is 0 Å². The molecule has 2 rings (SSSR count). The van der Waals surface area contributed by atoms with Crippen molar-refractivity contribution in [2.45, 2.75) is 51.1 Å². The summed E-state index contributed by atoms with van der Waals surface area (Å²) in [5, 5.41) is 17.1. The van der Waals surface area contributed by atoms with E-state index >= 15 is 0 Å². The molecule has 3 amide bonds. The molecule has 0 heterocycles. The van der Waals surface area contributed by atoms with Crippen LogP contribution in [0.3, 0.4) is 0 Å². The molecular weight excluding hydrogens is 310 g/mol. The van der Waals surface area contributed by atoms with Crippen LogP contribution in [0.4, 0.5) is 10.5 Å². The summed E-state index contributed by atoms with van der Waals surface area (Å²) in [6.45, 7) is 3.55. The minimum absolute atomic E-state index is 0.0176. The number of anilines is 1. The van der Waals surface area contributed by atoms with Gasteiger partial charge in [0.25, 0.3) is 5.91 Å². The Morgan fingerprint density at radius 3 is 2.58 bits per heavy atom. The summed E-state index contributed by atoms with van der Waals surface area (Å²) in [5.74, 6) is -1.21. The number of hydrogen-bond acceptors (Lipinski definition) is 3. The highest BCUT2D eigenvalue weighted by molar-refractivity contribution is 5.97. The molecule has 1 aromatic carbocycles. The molecule has 1 aliphatic carbocycles. The molecule has 0 atom stereocenters. The summed E-state index contributed by atoms with van der Waals surface area (Å²) in [5.41, 5.74) is 0.300. The second kappa shape index (κ2) is 7.33. The van der Waals surface area contributed by atoms with Crippen LogP contribution in [-0.2, 0) is 4.79 Å². The number of nitrogens with one attached hydrogen (secondary N) is 3. The number of carboxylic acid groups (broad SMARTS) is 1. The normalized spacial score (nSPS) is 13.9. The second-order valence-electron chi connectivity index (χ2n) is 6.69. The standard InChI is InChI=1S/C17H23N3O4/c1-17(2,9-8-14(21)22)20-15(23)11-4-3-5-13(10-11)19-16(24)18-12-6-7-12/h3-5,10,12H,6-9H2,1-2H3,(H,20,23)(H,21,22)(H2,18,19,24). The van der Waals surface area contributed by atoms with Gasteiger partial charge in [0, 0.05) is 29.3 Å². The molecule has 0 radical (unpaired) electrons. The molecule has 1 aromatic rings. The fraction of sp³-hybridized carbons (Fsp3) is 0.471. The van der Waals surface area contributed by atoms with E-state index in [9.17, 15) is 14.4 Å². The van der Waals surface area contributed by atoms with Gasteiger partial charge >= 0.3 is 12.0 Å². The SMILES string of the molecule is CC(C)(CCC(=O)O)NC(=O)c1cccc(NC(=O)NC2CC2)c1. The molecule has 0 spiro atoms. The Labute approximate surface area is 140 Å². The van der Waals surface area contributed by atoms with E-state index in [1.165, 1.54) is 0 Å². The Balaban J connectivity index is 1.94. The zero-order chi connectivity index (χ0) is 17.7. The Kier molecular flexibility index (Phi) is 5.43. The van der Waals surface area contributed by atoms with E-state index in [2.05, 4.69) is 16.0 Å². The maximum Gasteiger partial charge on any atom is 0.319 e. The average Bonchev–Trinajstić information content (AvgIpc) is 3.29. The minimum Gasteiger partial charge on any atom is -0.481 e. The van der Waals surface area contributed by atoms with Gasteiger partial charge in [0.05, 0.1) is 0 Å². The molecule has 0 saturated heterocycles. The maximum atomic E-state index is 12.3. The van der Waals surface area contributed by atoms with Crippen molar-refractivity contribution in [1.82, 2.24) is 10.6 Å². The molecule has 0 aliphatic heterocycles. The van der Waals surface area contributed by atoms with Gasteiger partial charge in [0.2, 0.25) is 0 Å². The number of hydrogen-bond donors (Lipinski definition) is 4. The van der Waals surface area contributed by atoms with Gasteiger partial charge < -0.3 is 21.1 Å². The molecule has 7 nitrogen and oxygen atoms in total. The molecular formula is C17H23N3O4. The van der Waals surface area contributed by atoms with E-state index in [1.807, 2.05) is 0 Å². The number of aliphatic carboxylic acids is 1. The van der Waals surface area contributed by atoms with Crippen LogP contribution in [0.25, 0.3) is 0 Å². The van der Waals surface area contributed by atoms with Crippen LogP contribution in [-0.4, -0.2) is 34.6 Å². The first-order valence-corrected chi connectivity index (χ1v) is 7.97. The first-order valence-electron chi connectivity index (χ1n) is 7.97. The first kappa shape index (κ1) is 17.8. The lowest BCUT2D eigenvalue weighted by atomic mass is 9.97. The van der Waals surface area contributed by atoms with Crippen LogP contribution in [0.1, 0.15) is 49.9 Å². The fourth-order valence-electron chi connectivity index (χ4n) is 2.18. The van der Waals surface area contributed by atoms with Gasteiger partial charge in [0.1, 0.15) is 0 Å². The molecule has 0 bridgehead atoms. The number of rotatable bonds is 7. The number of carbonyl (C=O) groups excluding carboxylic acids is 2. The molecule has 4 N–H and O–H groups in total. The van der Waals surface area contributed by atoms with Gasteiger partial charge in [-0.05, 0) is 51.3 Å². The average molecular weight is 333 g/mol. The zero-order valence-corrected chi connectivity index (χ0v) is 13.9. The fourth-order valence-corrected chi connectivity index (χ4v) is 2.18. The molecule has 0 unspecified atom stereocenters. The Morgan fingerprint density at radius 1 is 1.25 bits per heavy atom.